The van der Waals surface area contributed by atoms with E-state index in [0.29, 0.717) is 36.4 Å². The Morgan fingerprint density at radius 2 is 2.15 bits per heavy atom. The topological polar surface area (TPSA) is 98.3 Å². The number of halogens is 1. The van der Waals surface area contributed by atoms with Crippen LogP contribution >= 0.6 is 22.9 Å². The van der Waals surface area contributed by atoms with Crippen molar-refractivity contribution in [1.82, 2.24) is 20.3 Å². The van der Waals surface area contributed by atoms with Gasteiger partial charge in [0, 0.05) is 40.3 Å². The van der Waals surface area contributed by atoms with E-state index in [1.807, 2.05) is 37.3 Å². The number of carbonyl (C=O) groups excluding carboxylic acids is 1. The predicted octanol–water partition coefficient (Wildman–Crippen LogP) is 5.03. The SMILES string of the molecule is C[C@H]1CNc2c(sc3ccc4nc(Oc5nc(Cl)ncc5C5=CCOCC5)ccc4c23)C(=O)N1. The monoisotopic (exact) mass is 493 g/mol. The fraction of sp³-hybridized carbons (Fsp3) is 0.250. The van der Waals surface area contributed by atoms with Crippen molar-refractivity contribution in [2.75, 3.05) is 25.1 Å². The van der Waals surface area contributed by atoms with Gasteiger partial charge in [0.05, 0.1) is 30.0 Å². The smallest absolute Gasteiger partial charge is 0.263 e. The van der Waals surface area contributed by atoms with Gasteiger partial charge >= 0.3 is 0 Å². The van der Waals surface area contributed by atoms with Crippen LogP contribution in [0.2, 0.25) is 5.28 Å². The van der Waals surface area contributed by atoms with Crippen molar-refractivity contribution in [1.29, 1.82) is 0 Å². The summed E-state index contributed by atoms with van der Waals surface area (Å²) in [5.74, 6) is 0.708. The fourth-order valence-electron chi connectivity index (χ4n) is 4.28. The average Bonchev–Trinajstić information content (AvgIpc) is 3.16. The predicted molar refractivity (Wildman–Crippen MR) is 133 cm³/mol. The minimum absolute atomic E-state index is 0.0506. The van der Waals surface area contributed by atoms with Crippen LogP contribution in [0, 0.1) is 0 Å². The van der Waals surface area contributed by atoms with E-state index in [2.05, 4.69) is 20.6 Å². The second-order valence-electron chi connectivity index (χ2n) is 8.23. The van der Waals surface area contributed by atoms with E-state index >= 15 is 0 Å². The highest BCUT2D eigenvalue weighted by Crippen LogP contribution is 2.41. The van der Waals surface area contributed by atoms with Gasteiger partial charge in [-0.2, -0.15) is 4.98 Å². The third-order valence-corrected chi connectivity index (χ3v) is 7.24. The van der Waals surface area contributed by atoms with E-state index in [1.54, 1.807) is 6.20 Å². The van der Waals surface area contributed by atoms with Crippen molar-refractivity contribution in [3.63, 3.8) is 0 Å². The third kappa shape index (κ3) is 3.75. The Morgan fingerprint density at radius 3 is 3.00 bits per heavy atom. The molecule has 0 spiro atoms. The quantitative estimate of drug-likeness (QED) is 0.386. The number of benzene rings is 1. The number of carbonyl (C=O) groups is 1. The van der Waals surface area contributed by atoms with Crippen LogP contribution in [-0.2, 0) is 4.74 Å². The van der Waals surface area contributed by atoms with Crippen LogP contribution in [0.3, 0.4) is 0 Å². The Labute approximate surface area is 204 Å². The molecule has 1 amide bonds. The summed E-state index contributed by atoms with van der Waals surface area (Å²) in [6.07, 6.45) is 4.41. The lowest BCUT2D eigenvalue weighted by molar-refractivity contribution is 0.0949. The molecule has 0 radical (unpaired) electrons. The Bertz CT molecular complexity index is 1480. The zero-order chi connectivity index (χ0) is 23.2. The highest BCUT2D eigenvalue weighted by Gasteiger charge is 2.25. The van der Waals surface area contributed by atoms with Crippen LogP contribution in [0.15, 0.2) is 36.5 Å². The van der Waals surface area contributed by atoms with Crippen LogP contribution in [0.5, 0.6) is 11.8 Å². The van der Waals surface area contributed by atoms with E-state index in [0.717, 1.165) is 44.2 Å². The molecule has 2 aliphatic rings. The Balaban J connectivity index is 1.41. The molecule has 2 N–H and O–H groups in total. The first-order valence-electron chi connectivity index (χ1n) is 11.0. The molecule has 10 heteroatoms. The van der Waals surface area contributed by atoms with Crippen LogP contribution in [0.1, 0.15) is 28.6 Å². The molecule has 4 aromatic rings. The molecule has 0 saturated carbocycles. The number of anilines is 1. The number of nitrogens with zero attached hydrogens (tertiary/aromatic N) is 3. The van der Waals surface area contributed by atoms with Gasteiger partial charge in [0.25, 0.3) is 5.91 Å². The molecule has 1 atom stereocenters. The van der Waals surface area contributed by atoms with Gasteiger partial charge in [-0.05, 0) is 48.7 Å². The minimum Gasteiger partial charge on any atom is -0.420 e. The number of hydrogen-bond acceptors (Lipinski definition) is 8. The van der Waals surface area contributed by atoms with Crippen molar-refractivity contribution in [2.24, 2.45) is 0 Å². The first-order valence-corrected chi connectivity index (χ1v) is 12.1. The molecule has 0 unspecified atom stereocenters. The summed E-state index contributed by atoms with van der Waals surface area (Å²) in [6, 6.07) is 7.76. The fourth-order valence-corrected chi connectivity index (χ4v) is 5.50. The largest absolute Gasteiger partial charge is 0.420 e. The summed E-state index contributed by atoms with van der Waals surface area (Å²) in [7, 11) is 0. The molecule has 172 valence electrons. The number of pyridine rings is 1. The summed E-state index contributed by atoms with van der Waals surface area (Å²) in [5, 5.41) is 8.52. The Hall–Kier alpha value is -3.27. The van der Waals surface area contributed by atoms with Gasteiger partial charge in [-0.25, -0.2) is 9.97 Å². The van der Waals surface area contributed by atoms with E-state index in [4.69, 9.17) is 26.1 Å². The average molecular weight is 494 g/mol. The Morgan fingerprint density at radius 1 is 1.24 bits per heavy atom. The highest BCUT2D eigenvalue weighted by molar-refractivity contribution is 7.21. The maximum absolute atomic E-state index is 12.7. The lowest BCUT2D eigenvalue weighted by atomic mass is 10.0. The van der Waals surface area contributed by atoms with Crippen molar-refractivity contribution >= 4 is 61.1 Å². The van der Waals surface area contributed by atoms with Gasteiger partial charge in [0.1, 0.15) is 4.88 Å². The molecule has 8 nitrogen and oxygen atoms in total. The van der Waals surface area contributed by atoms with E-state index < -0.39 is 0 Å². The zero-order valence-corrected chi connectivity index (χ0v) is 19.8. The molecule has 0 bridgehead atoms. The molecule has 0 saturated heterocycles. The lowest BCUT2D eigenvalue weighted by Crippen LogP contribution is -2.34. The molecule has 6 rings (SSSR count). The maximum Gasteiger partial charge on any atom is 0.263 e. The number of aromatic nitrogens is 3. The molecule has 0 aliphatic carbocycles. The van der Waals surface area contributed by atoms with Gasteiger partial charge in [-0.3, -0.25) is 4.79 Å². The zero-order valence-electron chi connectivity index (χ0n) is 18.2. The van der Waals surface area contributed by atoms with Crippen LogP contribution in [0.4, 0.5) is 5.69 Å². The first kappa shape index (κ1) is 21.3. The summed E-state index contributed by atoms with van der Waals surface area (Å²) >= 11 is 7.55. The van der Waals surface area contributed by atoms with Crippen molar-refractivity contribution in [2.45, 2.75) is 19.4 Å². The van der Waals surface area contributed by atoms with Crippen LogP contribution in [0.25, 0.3) is 26.6 Å². The number of ether oxygens (including phenoxy) is 2. The van der Waals surface area contributed by atoms with Crippen LogP contribution in [-0.4, -0.2) is 46.7 Å². The van der Waals surface area contributed by atoms with Gasteiger partial charge in [-0.15, -0.1) is 11.3 Å². The number of nitrogens with one attached hydrogen (secondary N) is 2. The van der Waals surface area contributed by atoms with Gasteiger partial charge < -0.3 is 20.1 Å². The third-order valence-electron chi connectivity index (χ3n) is 5.90. The van der Waals surface area contributed by atoms with Crippen LogP contribution < -0.4 is 15.4 Å². The maximum atomic E-state index is 12.7. The summed E-state index contributed by atoms with van der Waals surface area (Å²) in [6.45, 7) is 3.82. The van der Waals surface area contributed by atoms with Crippen molar-refractivity contribution < 1.29 is 14.3 Å². The molecule has 3 aromatic heterocycles. The van der Waals surface area contributed by atoms with Crippen molar-refractivity contribution in [3.05, 3.63) is 52.3 Å². The number of thiophene rings is 1. The van der Waals surface area contributed by atoms with E-state index in [-0.39, 0.29) is 17.2 Å². The molecular weight excluding hydrogens is 474 g/mol. The first-order chi connectivity index (χ1) is 16.6. The molecule has 34 heavy (non-hydrogen) atoms. The normalized spacial score (nSPS) is 18.1. The number of amides is 1. The number of hydrogen-bond donors (Lipinski definition) is 2. The van der Waals surface area contributed by atoms with Gasteiger partial charge in [-0.1, -0.05) is 6.08 Å². The second-order valence-corrected chi connectivity index (χ2v) is 9.62. The highest BCUT2D eigenvalue weighted by atomic mass is 35.5. The molecule has 0 fully saturated rings. The summed E-state index contributed by atoms with van der Waals surface area (Å²) in [5.41, 5.74) is 3.45. The molecule has 1 aromatic carbocycles. The molecular formula is C24H20ClN5O3S. The number of fused-ring (bicyclic) bond motifs is 5. The standard InChI is InChI=1S/C24H20ClN5O3S/c1-12-10-26-20-19-14-2-5-18(29-16(14)3-4-17(19)34-21(20)22(31)28-12)33-23-15(11-27-24(25)30-23)13-6-8-32-9-7-13/h2-6,11-12,26H,7-10H2,1H3,(H,28,31)/t12-/m0/s1. The van der Waals surface area contributed by atoms with Gasteiger partial charge in [0.15, 0.2) is 0 Å². The van der Waals surface area contributed by atoms with E-state index in [1.165, 1.54) is 11.3 Å². The van der Waals surface area contributed by atoms with E-state index in [9.17, 15) is 4.79 Å². The Kier molecular flexibility index (Phi) is 5.32. The lowest BCUT2D eigenvalue weighted by Gasteiger charge is -2.16. The summed E-state index contributed by atoms with van der Waals surface area (Å²) in [4.78, 5) is 26.5. The van der Waals surface area contributed by atoms with Crippen molar-refractivity contribution in [3.8, 4) is 11.8 Å². The molecule has 5 heterocycles. The minimum atomic E-state index is -0.0506. The summed E-state index contributed by atoms with van der Waals surface area (Å²) < 4.78 is 12.5. The second kappa shape index (κ2) is 8.50. The molecule has 2 aliphatic heterocycles. The number of rotatable bonds is 3. The van der Waals surface area contributed by atoms with Gasteiger partial charge in [0.2, 0.25) is 17.0 Å².